The maximum absolute atomic E-state index is 13.4. The molecule has 0 aliphatic rings. The number of aryl methyl sites for hydroxylation is 1. The molecular weight excluding hydrogens is 344 g/mol. The van der Waals surface area contributed by atoms with Crippen molar-refractivity contribution in [3.8, 4) is 0 Å². The van der Waals surface area contributed by atoms with Crippen molar-refractivity contribution in [3.05, 3.63) is 107 Å². The summed E-state index contributed by atoms with van der Waals surface area (Å²) in [6, 6.07) is 25.9. The van der Waals surface area contributed by atoms with Crippen LogP contribution in [-0.2, 0) is 6.42 Å². The number of rotatable bonds is 7. The Labute approximate surface area is 165 Å². The van der Waals surface area contributed by atoms with Crippen LogP contribution in [0, 0.1) is 6.92 Å². The summed E-state index contributed by atoms with van der Waals surface area (Å²) in [4.78, 5) is 16.7. The van der Waals surface area contributed by atoms with Crippen LogP contribution in [0.2, 0.25) is 0 Å². The van der Waals surface area contributed by atoms with Crippen LogP contribution in [0.15, 0.2) is 85.1 Å². The number of hydrogen-bond donors (Lipinski definition) is 2. The zero-order chi connectivity index (χ0) is 19.3. The van der Waals surface area contributed by atoms with Gasteiger partial charge in [-0.1, -0.05) is 72.8 Å². The average Bonchev–Trinajstić information content (AvgIpc) is 3.17. The highest BCUT2D eigenvalue weighted by molar-refractivity contribution is 6.10. The Balaban J connectivity index is 1.59. The molecule has 1 unspecified atom stereocenters. The molecule has 1 atom stereocenters. The maximum Gasteiger partial charge on any atom is 0.186 e. The number of H-pyrrole nitrogens is 1. The maximum atomic E-state index is 13.4. The van der Waals surface area contributed by atoms with Gasteiger partial charge in [0.05, 0.1) is 6.04 Å². The zero-order valence-corrected chi connectivity index (χ0v) is 16.0. The third-order valence-corrected chi connectivity index (χ3v) is 5.25. The lowest BCUT2D eigenvalue weighted by Gasteiger charge is -2.18. The summed E-state index contributed by atoms with van der Waals surface area (Å²) in [7, 11) is 0. The number of fused-ring (bicyclic) bond motifs is 1. The van der Waals surface area contributed by atoms with E-state index in [4.69, 9.17) is 0 Å². The van der Waals surface area contributed by atoms with Crippen LogP contribution < -0.4 is 5.32 Å². The van der Waals surface area contributed by atoms with Gasteiger partial charge < -0.3 is 10.3 Å². The fourth-order valence-corrected chi connectivity index (χ4v) is 3.68. The summed E-state index contributed by atoms with van der Waals surface area (Å²) in [5.41, 5.74) is 5.29. The number of carbonyl (C=O) groups is 1. The van der Waals surface area contributed by atoms with Gasteiger partial charge >= 0.3 is 0 Å². The number of benzene rings is 3. The molecule has 3 nitrogen and oxygen atoms in total. The molecule has 3 aromatic carbocycles. The van der Waals surface area contributed by atoms with Gasteiger partial charge in [0.2, 0.25) is 0 Å². The fraction of sp³-hybridized carbons (Fsp3) is 0.160. The van der Waals surface area contributed by atoms with Gasteiger partial charge in [-0.15, -0.1) is 0 Å². The normalized spacial score (nSPS) is 12.2. The van der Waals surface area contributed by atoms with Crippen molar-refractivity contribution in [2.75, 3.05) is 6.54 Å². The van der Waals surface area contributed by atoms with E-state index in [1.165, 1.54) is 11.1 Å². The molecule has 28 heavy (non-hydrogen) atoms. The van der Waals surface area contributed by atoms with Gasteiger partial charge in [0, 0.05) is 29.2 Å². The molecule has 0 spiro atoms. The van der Waals surface area contributed by atoms with Crippen molar-refractivity contribution in [2.24, 2.45) is 0 Å². The van der Waals surface area contributed by atoms with Crippen molar-refractivity contribution in [1.29, 1.82) is 0 Å². The standard InChI is InChI=1S/C25H24N2O/c1-18-9-5-6-10-19(18)15-16-26-24(20-11-3-2-4-12-20)25(28)22-17-27-23-14-8-7-13-21(22)23/h2-14,17,24,26-27H,15-16H2,1H3. The monoisotopic (exact) mass is 368 g/mol. The number of nitrogens with one attached hydrogen (secondary N) is 2. The minimum Gasteiger partial charge on any atom is -0.360 e. The second-order valence-electron chi connectivity index (χ2n) is 7.09. The first-order valence-electron chi connectivity index (χ1n) is 9.67. The van der Waals surface area contributed by atoms with E-state index in [0.717, 1.165) is 35.0 Å². The topological polar surface area (TPSA) is 44.9 Å². The second-order valence-corrected chi connectivity index (χ2v) is 7.09. The van der Waals surface area contributed by atoms with Crippen molar-refractivity contribution in [2.45, 2.75) is 19.4 Å². The molecule has 0 aliphatic heterocycles. The Kier molecular flexibility index (Phi) is 5.36. The van der Waals surface area contributed by atoms with E-state index >= 15 is 0 Å². The van der Waals surface area contributed by atoms with Crippen molar-refractivity contribution in [1.82, 2.24) is 10.3 Å². The average molecular weight is 368 g/mol. The largest absolute Gasteiger partial charge is 0.360 e. The molecule has 0 saturated heterocycles. The van der Waals surface area contributed by atoms with E-state index in [2.05, 4.69) is 41.5 Å². The summed E-state index contributed by atoms with van der Waals surface area (Å²) in [5.74, 6) is 0.0911. The van der Waals surface area contributed by atoms with Gasteiger partial charge in [0.1, 0.15) is 0 Å². The highest BCUT2D eigenvalue weighted by Crippen LogP contribution is 2.24. The number of Topliss-reactive ketones (excluding diaryl/α,β-unsaturated/α-hetero) is 1. The van der Waals surface area contributed by atoms with E-state index in [9.17, 15) is 4.79 Å². The minimum absolute atomic E-state index is 0.0911. The number of carbonyl (C=O) groups excluding carboxylic acids is 1. The summed E-state index contributed by atoms with van der Waals surface area (Å²) >= 11 is 0. The smallest absolute Gasteiger partial charge is 0.186 e. The van der Waals surface area contributed by atoms with Crippen LogP contribution in [-0.4, -0.2) is 17.3 Å². The lowest BCUT2D eigenvalue weighted by molar-refractivity contribution is 0.0945. The predicted octanol–water partition coefficient (Wildman–Crippen LogP) is 5.23. The van der Waals surface area contributed by atoms with Crippen LogP contribution in [0.3, 0.4) is 0 Å². The van der Waals surface area contributed by atoms with Crippen LogP contribution >= 0.6 is 0 Å². The Bertz CT molecular complexity index is 1080. The lowest BCUT2D eigenvalue weighted by atomic mass is 9.96. The Hall–Kier alpha value is -3.17. The van der Waals surface area contributed by atoms with Crippen LogP contribution in [0.1, 0.15) is 33.1 Å². The third-order valence-electron chi connectivity index (χ3n) is 5.25. The Morgan fingerprint density at radius 1 is 0.929 bits per heavy atom. The first-order valence-corrected chi connectivity index (χ1v) is 9.67. The van der Waals surface area contributed by atoms with Crippen LogP contribution in [0.4, 0.5) is 0 Å². The number of aromatic nitrogens is 1. The van der Waals surface area contributed by atoms with E-state index in [0.29, 0.717) is 0 Å². The molecule has 0 bridgehead atoms. The first-order chi connectivity index (χ1) is 13.7. The number of hydrogen-bond acceptors (Lipinski definition) is 2. The molecule has 0 radical (unpaired) electrons. The third kappa shape index (κ3) is 3.75. The second kappa shape index (κ2) is 8.24. The molecule has 4 rings (SSSR count). The highest BCUT2D eigenvalue weighted by Gasteiger charge is 2.23. The van der Waals surface area contributed by atoms with Gasteiger partial charge in [-0.3, -0.25) is 4.79 Å². The molecule has 4 aromatic rings. The summed E-state index contributed by atoms with van der Waals surface area (Å²) in [5, 5.41) is 4.47. The number of para-hydroxylation sites is 1. The van der Waals surface area contributed by atoms with Crippen LogP contribution in [0.5, 0.6) is 0 Å². The van der Waals surface area contributed by atoms with Crippen LogP contribution in [0.25, 0.3) is 10.9 Å². The van der Waals surface area contributed by atoms with E-state index in [1.54, 1.807) is 0 Å². The van der Waals surface area contributed by atoms with Gasteiger partial charge in [-0.2, -0.15) is 0 Å². The molecule has 3 heteroatoms. The molecule has 0 saturated carbocycles. The molecular formula is C25H24N2O. The molecule has 0 fully saturated rings. The molecule has 1 aromatic heterocycles. The summed E-state index contributed by atoms with van der Waals surface area (Å²) < 4.78 is 0. The van der Waals surface area contributed by atoms with Gasteiger partial charge in [-0.25, -0.2) is 0 Å². The molecule has 2 N–H and O–H groups in total. The Morgan fingerprint density at radius 2 is 1.64 bits per heavy atom. The molecule has 0 aliphatic carbocycles. The molecule has 140 valence electrons. The summed E-state index contributed by atoms with van der Waals surface area (Å²) in [6.07, 6.45) is 2.71. The van der Waals surface area contributed by atoms with Gasteiger partial charge in [0.25, 0.3) is 0 Å². The SMILES string of the molecule is Cc1ccccc1CCNC(C(=O)c1c[nH]c2ccccc12)c1ccccc1. The van der Waals surface area contributed by atoms with E-state index in [1.807, 2.05) is 60.8 Å². The predicted molar refractivity (Wildman–Crippen MR) is 115 cm³/mol. The zero-order valence-electron chi connectivity index (χ0n) is 16.0. The van der Waals surface area contributed by atoms with Gasteiger partial charge in [-0.05, 0) is 36.1 Å². The fourth-order valence-electron chi connectivity index (χ4n) is 3.68. The molecule has 0 amide bonds. The lowest BCUT2D eigenvalue weighted by Crippen LogP contribution is -2.30. The van der Waals surface area contributed by atoms with E-state index < -0.39 is 0 Å². The van der Waals surface area contributed by atoms with Crippen molar-refractivity contribution < 1.29 is 4.79 Å². The van der Waals surface area contributed by atoms with Crippen molar-refractivity contribution >= 4 is 16.7 Å². The summed E-state index contributed by atoms with van der Waals surface area (Å²) in [6.45, 7) is 2.86. The first kappa shape index (κ1) is 18.2. The van der Waals surface area contributed by atoms with E-state index in [-0.39, 0.29) is 11.8 Å². The van der Waals surface area contributed by atoms with Gasteiger partial charge in [0.15, 0.2) is 5.78 Å². The molecule has 1 heterocycles. The minimum atomic E-state index is -0.371. The Morgan fingerprint density at radius 3 is 2.46 bits per heavy atom. The number of ketones is 1. The number of aromatic amines is 1. The quantitative estimate of drug-likeness (QED) is 0.439. The highest BCUT2D eigenvalue weighted by atomic mass is 16.1. The van der Waals surface area contributed by atoms with Crippen molar-refractivity contribution in [3.63, 3.8) is 0 Å².